The monoisotopic (exact) mass is 502 g/mol. The highest BCUT2D eigenvalue weighted by Gasteiger charge is 2.35. The molecule has 0 atom stereocenters. The van der Waals surface area contributed by atoms with Crippen LogP contribution in [-0.2, 0) is 12.6 Å². The third-order valence-electron chi connectivity index (χ3n) is 4.89. The maximum atomic E-state index is 13.8. The lowest BCUT2D eigenvalue weighted by Gasteiger charge is -2.20. The van der Waals surface area contributed by atoms with Crippen LogP contribution < -0.4 is 14.9 Å². The number of hydrogen-bond acceptors (Lipinski definition) is 4. The number of nitrogens with one attached hydrogen (secondary N) is 2. The fraction of sp³-hybridized carbons (Fsp3) is 0.125. The molecule has 2 N–H and O–H groups in total. The number of halogens is 4. The minimum absolute atomic E-state index is 0.171. The van der Waals surface area contributed by atoms with Crippen LogP contribution in [0.1, 0.15) is 27.0 Å². The molecule has 0 heterocycles. The van der Waals surface area contributed by atoms with Crippen molar-refractivity contribution in [1.82, 2.24) is 5.32 Å². The number of carbonyl (C=O) groups is 2. The summed E-state index contributed by atoms with van der Waals surface area (Å²) in [6.45, 7) is 0.171. The van der Waals surface area contributed by atoms with Gasteiger partial charge in [-0.1, -0.05) is 37.1 Å². The Morgan fingerprint density at radius 3 is 2.34 bits per heavy atom. The van der Waals surface area contributed by atoms with Crippen LogP contribution in [0.2, 0.25) is 0 Å². The van der Waals surface area contributed by atoms with Gasteiger partial charge in [-0.2, -0.15) is 18.4 Å². The van der Waals surface area contributed by atoms with Crippen molar-refractivity contribution in [3.8, 4) is 6.07 Å². The maximum Gasteiger partial charge on any atom is 0.418 e. The molecule has 0 aliphatic heterocycles. The normalized spacial score (nSPS) is 10.9. The fourth-order valence-corrected chi connectivity index (χ4v) is 3.29. The molecule has 6 nitrogen and oxygen atoms in total. The molecule has 0 saturated carbocycles. The van der Waals surface area contributed by atoms with Crippen LogP contribution in [-0.4, -0.2) is 18.5 Å². The lowest BCUT2D eigenvalue weighted by molar-refractivity contribution is -0.136. The van der Waals surface area contributed by atoms with Gasteiger partial charge in [0.2, 0.25) is 0 Å². The molecule has 0 spiro atoms. The number of rotatable bonds is 6. The highest BCUT2D eigenvalue weighted by atomic mass is 32.1. The molecule has 0 unspecified atom stereocenters. The summed E-state index contributed by atoms with van der Waals surface area (Å²) in [5.74, 6) is -1.93. The number of alkyl halides is 3. The second-order valence-electron chi connectivity index (χ2n) is 7.26. The maximum absolute atomic E-state index is 13.8. The summed E-state index contributed by atoms with van der Waals surface area (Å²) >= 11 is 4.00. The number of urea groups is 1. The molecule has 0 saturated heterocycles. The average Bonchev–Trinajstić information content (AvgIpc) is 2.83. The van der Waals surface area contributed by atoms with Crippen LogP contribution in [0.4, 0.5) is 33.7 Å². The van der Waals surface area contributed by atoms with Crippen LogP contribution in [0.25, 0.3) is 0 Å². The molecule has 11 heteroatoms. The molecule has 3 aromatic rings. The van der Waals surface area contributed by atoms with Crippen molar-refractivity contribution in [1.29, 1.82) is 5.26 Å². The number of thiol groups is 1. The molecule has 0 aliphatic rings. The van der Waals surface area contributed by atoms with Crippen LogP contribution in [0.3, 0.4) is 0 Å². The van der Waals surface area contributed by atoms with Crippen LogP contribution >= 0.6 is 12.8 Å². The highest BCUT2D eigenvalue weighted by Crippen LogP contribution is 2.38. The van der Waals surface area contributed by atoms with E-state index in [2.05, 4.69) is 23.4 Å². The van der Waals surface area contributed by atoms with Gasteiger partial charge in [-0.25, -0.2) is 13.5 Å². The van der Waals surface area contributed by atoms with Gasteiger partial charge < -0.3 is 10.6 Å². The summed E-state index contributed by atoms with van der Waals surface area (Å²) in [5.41, 5.74) is -1.10. The van der Waals surface area contributed by atoms with Gasteiger partial charge in [0.25, 0.3) is 5.91 Å². The predicted molar refractivity (Wildman–Crippen MR) is 126 cm³/mol. The quantitative estimate of drug-likeness (QED) is 0.304. The van der Waals surface area contributed by atoms with E-state index in [-0.39, 0.29) is 12.2 Å². The Bertz CT molecular complexity index is 1270. The van der Waals surface area contributed by atoms with E-state index >= 15 is 0 Å². The van der Waals surface area contributed by atoms with E-state index in [1.54, 1.807) is 24.3 Å². The zero-order valence-corrected chi connectivity index (χ0v) is 18.8. The molecule has 180 valence electrons. The summed E-state index contributed by atoms with van der Waals surface area (Å²) in [6, 6.07) is 15.6. The van der Waals surface area contributed by atoms with E-state index in [1.807, 2.05) is 6.07 Å². The van der Waals surface area contributed by atoms with Gasteiger partial charge >= 0.3 is 12.2 Å². The summed E-state index contributed by atoms with van der Waals surface area (Å²) in [7, 11) is 0. The molecule has 0 bridgehead atoms. The summed E-state index contributed by atoms with van der Waals surface area (Å²) in [4.78, 5) is 24.7. The Labute approximate surface area is 203 Å². The van der Waals surface area contributed by atoms with Crippen molar-refractivity contribution in [2.24, 2.45) is 0 Å². The van der Waals surface area contributed by atoms with Crippen molar-refractivity contribution in [2.75, 3.05) is 16.2 Å². The number of hydrogen-bond donors (Lipinski definition) is 3. The van der Waals surface area contributed by atoms with Gasteiger partial charge in [0.1, 0.15) is 5.82 Å². The second-order valence-corrected chi connectivity index (χ2v) is 7.66. The number of benzene rings is 3. The Kier molecular flexibility index (Phi) is 7.98. The molecule has 0 aliphatic carbocycles. The molecule has 35 heavy (non-hydrogen) atoms. The highest BCUT2D eigenvalue weighted by molar-refractivity contribution is 7.82. The first kappa shape index (κ1) is 25.6. The van der Waals surface area contributed by atoms with Crippen molar-refractivity contribution >= 4 is 36.1 Å². The minimum Gasteiger partial charge on any atom is -0.337 e. The van der Waals surface area contributed by atoms with E-state index in [4.69, 9.17) is 5.26 Å². The molecular weight excluding hydrogens is 484 g/mol. The van der Waals surface area contributed by atoms with E-state index in [0.29, 0.717) is 22.4 Å². The predicted octanol–water partition coefficient (Wildman–Crippen LogP) is 5.57. The van der Waals surface area contributed by atoms with Gasteiger partial charge in [0, 0.05) is 6.54 Å². The van der Waals surface area contributed by atoms with E-state index in [1.165, 1.54) is 18.2 Å². The first-order valence-electron chi connectivity index (χ1n) is 10.1. The molecule has 0 aromatic heterocycles. The zero-order chi connectivity index (χ0) is 25.6. The number of amides is 3. The van der Waals surface area contributed by atoms with Gasteiger partial charge in [0.05, 0.1) is 34.1 Å². The standard InChI is InChI=1S/C24H18F4N4O2S/c25-20-4-2-1-3-18(20)22(33)31-21-10-9-17(13-19(21)24(26,27)28)32(35)23(34)30-12-11-15-5-7-16(14-29)8-6-15/h1-10,13,35H,11-12H2,(H,30,34)(H,31,33). The largest absolute Gasteiger partial charge is 0.418 e. The van der Waals surface area contributed by atoms with Gasteiger partial charge in [-0.3, -0.25) is 4.79 Å². The number of nitrogens with zero attached hydrogens (tertiary/aromatic N) is 2. The summed E-state index contributed by atoms with van der Waals surface area (Å²) < 4.78 is 55.6. The number of nitriles is 1. The van der Waals surface area contributed by atoms with Crippen molar-refractivity contribution < 1.29 is 27.2 Å². The molecule has 3 amide bonds. The third kappa shape index (κ3) is 6.51. The first-order chi connectivity index (χ1) is 16.6. The minimum atomic E-state index is -4.88. The SMILES string of the molecule is N#Cc1ccc(CCNC(=O)N(S)c2ccc(NC(=O)c3ccccc3F)c(C(F)(F)F)c2)cc1. The van der Waals surface area contributed by atoms with Crippen molar-refractivity contribution in [3.63, 3.8) is 0 Å². The van der Waals surface area contributed by atoms with Gasteiger partial charge in [-0.05, 0) is 54.4 Å². The Morgan fingerprint density at radius 2 is 1.71 bits per heavy atom. The molecule has 0 radical (unpaired) electrons. The summed E-state index contributed by atoms with van der Waals surface area (Å²) in [6.07, 6.45) is -4.46. The van der Waals surface area contributed by atoms with Gasteiger partial charge in [-0.15, -0.1) is 0 Å². The third-order valence-corrected chi connectivity index (χ3v) is 5.30. The lowest BCUT2D eigenvalue weighted by atomic mass is 10.1. The van der Waals surface area contributed by atoms with E-state index in [0.717, 1.165) is 23.8 Å². The molecular formula is C24H18F4N4O2S. The second kappa shape index (κ2) is 10.9. The molecule has 3 aromatic carbocycles. The smallest absolute Gasteiger partial charge is 0.337 e. The molecule has 3 rings (SSSR count). The van der Waals surface area contributed by atoms with Crippen molar-refractivity contribution in [3.05, 3.63) is 94.8 Å². The van der Waals surface area contributed by atoms with E-state index in [9.17, 15) is 27.2 Å². The first-order valence-corrected chi connectivity index (χ1v) is 10.5. The van der Waals surface area contributed by atoms with Gasteiger partial charge in [0.15, 0.2) is 0 Å². The van der Waals surface area contributed by atoms with E-state index < -0.39 is 40.7 Å². The fourth-order valence-electron chi connectivity index (χ4n) is 3.09. The zero-order valence-electron chi connectivity index (χ0n) is 17.9. The van der Waals surface area contributed by atoms with Crippen LogP contribution in [0.15, 0.2) is 66.7 Å². The number of anilines is 2. The van der Waals surface area contributed by atoms with Crippen LogP contribution in [0.5, 0.6) is 0 Å². The Balaban J connectivity index is 1.71. The topological polar surface area (TPSA) is 85.2 Å². The Morgan fingerprint density at radius 1 is 1.03 bits per heavy atom. The lowest BCUT2D eigenvalue weighted by Crippen LogP contribution is -2.35. The Hall–Kier alpha value is -4.04. The van der Waals surface area contributed by atoms with Crippen molar-refractivity contribution in [2.45, 2.75) is 12.6 Å². The summed E-state index contributed by atoms with van der Waals surface area (Å²) in [5, 5.41) is 13.4. The molecule has 0 fully saturated rings. The number of carbonyl (C=O) groups excluding carboxylic acids is 2. The average molecular weight is 502 g/mol. The van der Waals surface area contributed by atoms with Crippen LogP contribution in [0, 0.1) is 17.1 Å².